The van der Waals surface area contributed by atoms with Gasteiger partial charge in [0.25, 0.3) is 5.91 Å². The van der Waals surface area contributed by atoms with Crippen molar-refractivity contribution in [2.75, 3.05) is 26.2 Å². The number of aryl methyl sites for hydroxylation is 1. The Morgan fingerprint density at radius 1 is 1.32 bits per heavy atom. The van der Waals surface area contributed by atoms with Gasteiger partial charge >= 0.3 is 0 Å². The first-order valence-corrected chi connectivity index (χ1v) is 7.10. The minimum atomic E-state index is -0.0558. The normalized spacial score (nSPS) is 18.6. The van der Waals surface area contributed by atoms with Crippen LogP contribution in [0.3, 0.4) is 0 Å². The molecule has 0 spiro atoms. The maximum Gasteiger partial charge on any atom is 0.293 e. The Bertz CT molecular complexity index is 422. The number of aromatic nitrogens is 3. The van der Waals surface area contributed by atoms with Gasteiger partial charge in [0.05, 0.1) is 0 Å². The van der Waals surface area contributed by atoms with Gasteiger partial charge in [0.1, 0.15) is 5.82 Å². The van der Waals surface area contributed by atoms with E-state index >= 15 is 0 Å². The van der Waals surface area contributed by atoms with Crippen LogP contribution in [0.5, 0.6) is 0 Å². The van der Waals surface area contributed by atoms with Crippen molar-refractivity contribution in [3.05, 3.63) is 11.6 Å². The molecule has 1 aliphatic rings. The van der Waals surface area contributed by atoms with Crippen LogP contribution in [-0.2, 0) is 6.42 Å². The van der Waals surface area contributed by atoms with Gasteiger partial charge in [-0.05, 0) is 13.3 Å². The molecule has 1 atom stereocenters. The predicted molar refractivity (Wildman–Crippen MR) is 73.0 cm³/mol. The number of piperazine rings is 1. The van der Waals surface area contributed by atoms with E-state index in [-0.39, 0.29) is 5.91 Å². The van der Waals surface area contributed by atoms with Gasteiger partial charge in [-0.3, -0.25) is 14.8 Å². The van der Waals surface area contributed by atoms with Gasteiger partial charge in [-0.1, -0.05) is 13.8 Å². The summed E-state index contributed by atoms with van der Waals surface area (Å²) in [5, 5.41) is 6.78. The molecule has 0 bridgehead atoms. The largest absolute Gasteiger partial charge is 0.333 e. The summed E-state index contributed by atoms with van der Waals surface area (Å²) in [6, 6.07) is 0.590. The van der Waals surface area contributed by atoms with Crippen LogP contribution in [0.15, 0.2) is 0 Å². The summed E-state index contributed by atoms with van der Waals surface area (Å²) in [5.41, 5.74) is 0. The quantitative estimate of drug-likeness (QED) is 0.879. The van der Waals surface area contributed by atoms with Crippen LogP contribution >= 0.6 is 0 Å². The molecule has 19 heavy (non-hydrogen) atoms. The van der Waals surface area contributed by atoms with Crippen LogP contribution in [0.1, 0.15) is 43.6 Å². The molecular formula is C13H23N5O. The molecule has 1 saturated heterocycles. The van der Waals surface area contributed by atoms with Crippen molar-refractivity contribution in [2.45, 2.75) is 39.7 Å². The van der Waals surface area contributed by atoms with Crippen molar-refractivity contribution in [3.8, 4) is 0 Å². The SMILES string of the molecule is CCc1nc(C(=O)N2CCN(C(C)CC)CC2)n[nH]1. The van der Waals surface area contributed by atoms with E-state index < -0.39 is 0 Å². The maximum atomic E-state index is 12.2. The van der Waals surface area contributed by atoms with Crippen molar-refractivity contribution < 1.29 is 4.79 Å². The first-order chi connectivity index (χ1) is 9.15. The summed E-state index contributed by atoms with van der Waals surface area (Å²) in [4.78, 5) is 20.7. The van der Waals surface area contributed by atoms with Gasteiger partial charge in [0.2, 0.25) is 5.82 Å². The van der Waals surface area contributed by atoms with Gasteiger partial charge in [-0.2, -0.15) is 0 Å². The number of aromatic amines is 1. The minimum absolute atomic E-state index is 0.0558. The molecule has 1 aromatic rings. The lowest BCUT2D eigenvalue weighted by Crippen LogP contribution is -2.51. The molecule has 2 heterocycles. The van der Waals surface area contributed by atoms with Gasteiger partial charge < -0.3 is 4.90 Å². The number of nitrogens with zero attached hydrogens (tertiary/aromatic N) is 4. The Balaban J connectivity index is 1.92. The second kappa shape index (κ2) is 6.14. The van der Waals surface area contributed by atoms with Crippen LogP contribution in [0.4, 0.5) is 0 Å². The van der Waals surface area contributed by atoms with E-state index in [1.807, 2.05) is 11.8 Å². The van der Waals surface area contributed by atoms with E-state index in [2.05, 4.69) is 33.9 Å². The average molecular weight is 265 g/mol. The van der Waals surface area contributed by atoms with E-state index in [9.17, 15) is 4.79 Å². The number of hydrogen-bond acceptors (Lipinski definition) is 4. The Labute approximate surface area is 114 Å². The van der Waals surface area contributed by atoms with Crippen molar-refractivity contribution in [1.29, 1.82) is 0 Å². The Morgan fingerprint density at radius 2 is 2.00 bits per heavy atom. The van der Waals surface area contributed by atoms with Gasteiger partial charge in [0, 0.05) is 38.6 Å². The molecule has 1 aliphatic heterocycles. The topological polar surface area (TPSA) is 65.1 Å². The van der Waals surface area contributed by atoms with Crippen molar-refractivity contribution in [2.24, 2.45) is 0 Å². The van der Waals surface area contributed by atoms with Crippen molar-refractivity contribution >= 4 is 5.91 Å². The average Bonchev–Trinajstić information content (AvgIpc) is 2.94. The van der Waals surface area contributed by atoms with Crippen LogP contribution in [-0.4, -0.2) is 63.1 Å². The number of carbonyl (C=O) groups is 1. The molecule has 1 unspecified atom stereocenters. The van der Waals surface area contributed by atoms with E-state index in [4.69, 9.17) is 0 Å². The number of carbonyl (C=O) groups excluding carboxylic acids is 1. The second-order valence-electron chi connectivity index (χ2n) is 5.04. The van der Waals surface area contributed by atoms with Crippen LogP contribution in [0, 0.1) is 0 Å². The number of amides is 1. The number of rotatable bonds is 4. The van der Waals surface area contributed by atoms with Gasteiger partial charge in [-0.25, -0.2) is 4.98 Å². The molecule has 1 fully saturated rings. The van der Waals surface area contributed by atoms with E-state index in [0.717, 1.165) is 44.8 Å². The highest BCUT2D eigenvalue weighted by Gasteiger charge is 2.26. The van der Waals surface area contributed by atoms with E-state index in [1.165, 1.54) is 0 Å². The summed E-state index contributed by atoms with van der Waals surface area (Å²) in [6.07, 6.45) is 1.91. The third kappa shape index (κ3) is 3.12. The number of H-pyrrole nitrogens is 1. The lowest BCUT2D eigenvalue weighted by atomic mass is 10.2. The summed E-state index contributed by atoms with van der Waals surface area (Å²) >= 11 is 0. The van der Waals surface area contributed by atoms with Gasteiger partial charge in [-0.15, -0.1) is 5.10 Å². The molecule has 0 aliphatic carbocycles. The molecule has 6 heteroatoms. The fraction of sp³-hybridized carbons (Fsp3) is 0.769. The molecule has 1 amide bonds. The lowest BCUT2D eigenvalue weighted by Gasteiger charge is -2.37. The first kappa shape index (κ1) is 14.0. The molecule has 2 rings (SSSR count). The second-order valence-corrected chi connectivity index (χ2v) is 5.04. The van der Waals surface area contributed by atoms with E-state index in [1.54, 1.807) is 0 Å². The third-order valence-electron chi connectivity index (χ3n) is 3.87. The first-order valence-electron chi connectivity index (χ1n) is 7.10. The third-order valence-corrected chi connectivity index (χ3v) is 3.87. The lowest BCUT2D eigenvalue weighted by molar-refractivity contribution is 0.0569. The van der Waals surface area contributed by atoms with Crippen LogP contribution in [0.25, 0.3) is 0 Å². The molecule has 106 valence electrons. The number of nitrogens with one attached hydrogen (secondary N) is 1. The molecular weight excluding hydrogens is 242 g/mol. The van der Waals surface area contributed by atoms with Crippen molar-refractivity contribution in [1.82, 2.24) is 25.0 Å². The van der Waals surface area contributed by atoms with Gasteiger partial charge in [0.15, 0.2) is 0 Å². The zero-order valence-electron chi connectivity index (χ0n) is 12.0. The predicted octanol–water partition coefficient (Wildman–Crippen LogP) is 0.923. The van der Waals surface area contributed by atoms with Crippen molar-refractivity contribution in [3.63, 3.8) is 0 Å². The minimum Gasteiger partial charge on any atom is -0.333 e. The Kier molecular flexibility index (Phi) is 4.52. The smallest absolute Gasteiger partial charge is 0.293 e. The summed E-state index contributed by atoms with van der Waals surface area (Å²) in [7, 11) is 0. The summed E-state index contributed by atoms with van der Waals surface area (Å²) in [6.45, 7) is 9.82. The zero-order chi connectivity index (χ0) is 13.8. The van der Waals surface area contributed by atoms with Crippen LogP contribution < -0.4 is 0 Å². The molecule has 0 radical (unpaired) electrons. The summed E-state index contributed by atoms with van der Waals surface area (Å²) in [5.74, 6) is 1.01. The fourth-order valence-corrected chi connectivity index (χ4v) is 2.31. The summed E-state index contributed by atoms with van der Waals surface area (Å²) < 4.78 is 0. The number of hydrogen-bond donors (Lipinski definition) is 1. The monoisotopic (exact) mass is 265 g/mol. The Morgan fingerprint density at radius 3 is 2.53 bits per heavy atom. The van der Waals surface area contributed by atoms with Crippen LogP contribution in [0.2, 0.25) is 0 Å². The standard InChI is InChI=1S/C13H23N5O/c1-4-10(3)17-6-8-18(9-7-17)13(19)12-14-11(5-2)15-16-12/h10H,4-9H2,1-3H3,(H,14,15,16). The maximum absolute atomic E-state index is 12.2. The molecule has 1 N–H and O–H groups in total. The highest BCUT2D eigenvalue weighted by atomic mass is 16.2. The highest BCUT2D eigenvalue weighted by Crippen LogP contribution is 2.10. The zero-order valence-corrected chi connectivity index (χ0v) is 12.0. The molecule has 0 aromatic carbocycles. The van der Waals surface area contributed by atoms with E-state index in [0.29, 0.717) is 11.9 Å². The fourth-order valence-electron chi connectivity index (χ4n) is 2.31. The molecule has 6 nitrogen and oxygen atoms in total. The Hall–Kier alpha value is -1.43. The molecule has 1 aromatic heterocycles. The highest BCUT2D eigenvalue weighted by molar-refractivity contribution is 5.90. The molecule has 0 saturated carbocycles.